The van der Waals surface area contributed by atoms with Crippen molar-refractivity contribution in [1.29, 1.82) is 0 Å². The normalized spacial score (nSPS) is 11.3. The van der Waals surface area contributed by atoms with E-state index in [2.05, 4.69) is 62.0 Å². The zero-order valence-corrected chi connectivity index (χ0v) is 15.5. The maximum atomic E-state index is 5.94. The average Bonchev–Trinajstić information content (AvgIpc) is 3.02. The second-order valence-electron chi connectivity index (χ2n) is 6.12. The number of aromatic nitrogens is 4. The fourth-order valence-corrected chi connectivity index (χ4v) is 3.80. The van der Waals surface area contributed by atoms with Gasteiger partial charge in [-0.2, -0.15) is 15.0 Å². The number of hydrogen-bond acceptors (Lipinski definition) is 3. The lowest BCUT2D eigenvalue weighted by Gasteiger charge is -2.09. The number of para-hydroxylation sites is 2. The summed E-state index contributed by atoms with van der Waals surface area (Å²) in [6.07, 6.45) is 0. The third kappa shape index (κ3) is 2.74. The standard InChI is InChI=1S/C21H12Cl2N4/c22-20-24-19(25-21(23)26-20)13-6-5-7-14(12-13)27-17-10-3-1-8-15(17)16-9-2-4-11-18(16)27/h1-12H. The molecule has 0 spiro atoms. The van der Waals surface area contributed by atoms with Crippen LogP contribution in [0.1, 0.15) is 0 Å². The fourth-order valence-electron chi connectivity index (χ4n) is 3.44. The summed E-state index contributed by atoms with van der Waals surface area (Å²) in [7, 11) is 0. The molecule has 2 aromatic heterocycles. The minimum atomic E-state index is 0.0762. The quantitative estimate of drug-likeness (QED) is 0.374. The van der Waals surface area contributed by atoms with E-state index in [1.165, 1.54) is 10.8 Å². The molecule has 0 aliphatic heterocycles. The Kier molecular flexibility index (Phi) is 3.81. The van der Waals surface area contributed by atoms with Crippen LogP contribution in [0.4, 0.5) is 0 Å². The van der Waals surface area contributed by atoms with Gasteiger partial charge >= 0.3 is 0 Å². The molecule has 0 fully saturated rings. The van der Waals surface area contributed by atoms with Crippen molar-refractivity contribution < 1.29 is 0 Å². The molecule has 0 radical (unpaired) electrons. The molecule has 0 unspecified atom stereocenters. The maximum Gasteiger partial charge on any atom is 0.227 e. The summed E-state index contributed by atoms with van der Waals surface area (Å²) >= 11 is 11.9. The van der Waals surface area contributed by atoms with Crippen LogP contribution >= 0.6 is 23.2 Å². The lowest BCUT2D eigenvalue weighted by Crippen LogP contribution is -1.97. The molecule has 0 N–H and O–H groups in total. The van der Waals surface area contributed by atoms with E-state index in [-0.39, 0.29) is 10.6 Å². The number of hydrogen-bond donors (Lipinski definition) is 0. The lowest BCUT2D eigenvalue weighted by atomic mass is 10.2. The van der Waals surface area contributed by atoms with Crippen molar-refractivity contribution in [3.05, 3.63) is 83.4 Å². The Bertz CT molecular complexity index is 1240. The number of rotatable bonds is 2. The van der Waals surface area contributed by atoms with Gasteiger partial charge in [-0.3, -0.25) is 0 Å². The van der Waals surface area contributed by atoms with E-state index in [9.17, 15) is 0 Å². The molecule has 27 heavy (non-hydrogen) atoms. The zero-order chi connectivity index (χ0) is 18.4. The Morgan fingerprint density at radius 2 is 1.22 bits per heavy atom. The fraction of sp³-hybridized carbons (Fsp3) is 0. The molecule has 5 aromatic rings. The van der Waals surface area contributed by atoms with Crippen molar-refractivity contribution in [1.82, 2.24) is 19.5 Å². The smallest absolute Gasteiger partial charge is 0.227 e. The summed E-state index contributed by atoms with van der Waals surface area (Å²) in [5, 5.41) is 2.58. The first kappa shape index (κ1) is 16.2. The molecule has 2 heterocycles. The summed E-state index contributed by atoms with van der Waals surface area (Å²) in [4.78, 5) is 12.2. The van der Waals surface area contributed by atoms with Gasteiger partial charge in [0.25, 0.3) is 0 Å². The zero-order valence-electron chi connectivity index (χ0n) is 14.0. The molecule has 3 aromatic carbocycles. The first-order chi connectivity index (χ1) is 13.2. The summed E-state index contributed by atoms with van der Waals surface area (Å²) < 4.78 is 2.23. The second kappa shape index (κ2) is 6.34. The van der Waals surface area contributed by atoms with Crippen LogP contribution in [0.25, 0.3) is 38.9 Å². The number of halogens is 2. The van der Waals surface area contributed by atoms with Gasteiger partial charge in [-0.1, -0.05) is 48.5 Å². The molecule has 0 saturated heterocycles. The highest BCUT2D eigenvalue weighted by molar-refractivity contribution is 6.31. The first-order valence-electron chi connectivity index (χ1n) is 8.37. The Balaban J connectivity index is 1.78. The molecule has 130 valence electrons. The largest absolute Gasteiger partial charge is 0.309 e. The molecular formula is C21H12Cl2N4. The molecule has 0 saturated carbocycles. The first-order valence-corrected chi connectivity index (χ1v) is 9.12. The Morgan fingerprint density at radius 1 is 0.630 bits per heavy atom. The molecule has 0 atom stereocenters. The van der Waals surface area contributed by atoms with Gasteiger partial charge < -0.3 is 4.57 Å². The number of fused-ring (bicyclic) bond motifs is 3. The SMILES string of the molecule is Clc1nc(Cl)nc(-c2cccc(-n3c4ccccc4c4ccccc43)c2)n1. The monoisotopic (exact) mass is 390 g/mol. The molecule has 0 aliphatic rings. The Labute approximate surface area is 165 Å². The molecule has 6 heteroatoms. The Morgan fingerprint density at radius 3 is 1.85 bits per heavy atom. The van der Waals surface area contributed by atoms with Gasteiger partial charge in [0.05, 0.1) is 11.0 Å². The van der Waals surface area contributed by atoms with E-state index in [1.807, 2.05) is 30.3 Å². The van der Waals surface area contributed by atoms with E-state index in [1.54, 1.807) is 0 Å². The average molecular weight is 391 g/mol. The molecule has 4 nitrogen and oxygen atoms in total. The summed E-state index contributed by atoms with van der Waals surface area (Å²) in [5.74, 6) is 0.447. The third-order valence-electron chi connectivity index (χ3n) is 4.52. The van der Waals surface area contributed by atoms with Crippen LogP contribution in [0, 0.1) is 0 Å². The molecule has 0 aliphatic carbocycles. The highest BCUT2D eigenvalue weighted by Crippen LogP contribution is 2.32. The van der Waals surface area contributed by atoms with Crippen LogP contribution in [0.2, 0.25) is 10.6 Å². The van der Waals surface area contributed by atoms with E-state index in [0.29, 0.717) is 5.82 Å². The van der Waals surface area contributed by atoms with E-state index in [4.69, 9.17) is 23.2 Å². The summed E-state index contributed by atoms with van der Waals surface area (Å²) in [6, 6.07) is 24.7. The van der Waals surface area contributed by atoms with Gasteiger partial charge in [-0.05, 0) is 47.5 Å². The van der Waals surface area contributed by atoms with Crippen molar-refractivity contribution >= 4 is 45.0 Å². The predicted molar refractivity (Wildman–Crippen MR) is 110 cm³/mol. The molecule has 0 bridgehead atoms. The highest BCUT2D eigenvalue weighted by Gasteiger charge is 2.13. The van der Waals surface area contributed by atoms with Gasteiger partial charge in [0.2, 0.25) is 10.6 Å². The van der Waals surface area contributed by atoms with Crippen molar-refractivity contribution in [3.63, 3.8) is 0 Å². The minimum Gasteiger partial charge on any atom is -0.309 e. The van der Waals surface area contributed by atoms with Gasteiger partial charge in [0.15, 0.2) is 5.82 Å². The van der Waals surface area contributed by atoms with Gasteiger partial charge in [0.1, 0.15) is 0 Å². The van der Waals surface area contributed by atoms with E-state index in [0.717, 1.165) is 22.3 Å². The predicted octanol–water partition coefficient (Wildman–Crippen LogP) is 5.94. The van der Waals surface area contributed by atoms with Crippen LogP contribution in [0.3, 0.4) is 0 Å². The topological polar surface area (TPSA) is 43.6 Å². The Hall–Kier alpha value is -2.95. The van der Waals surface area contributed by atoms with Crippen LogP contribution in [-0.2, 0) is 0 Å². The van der Waals surface area contributed by atoms with Crippen molar-refractivity contribution in [2.45, 2.75) is 0 Å². The van der Waals surface area contributed by atoms with E-state index < -0.39 is 0 Å². The number of nitrogens with zero attached hydrogens (tertiary/aromatic N) is 4. The van der Waals surface area contributed by atoms with Gasteiger partial charge in [0, 0.05) is 22.0 Å². The number of benzene rings is 3. The van der Waals surface area contributed by atoms with E-state index >= 15 is 0 Å². The van der Waals surface area contributed by atoms with Crippen molar-refractivity contribution in [2.75, 3.05) is 0 Å². The van der Waals surface area contributed by atoms with Crippen LogP contribution in [0.15, 0.2) is 72.8 Å². The van der Waals surface area contributed by atoms with Gasteiger partial charge in [-0.15, -0.1) is 0 Å². The van der Waals surface area contributed by atoms with Crippen LogP contribution in [-0.4, -0.2) is 19.5 Å². The maximum absolute atomic E-state index is 5.94. The lowest BCUT2D eigenvalue weighted by molar-refractivity contribution is 1.06. The van der Waals surface area contributed by atoms with Crippen molar-refractivity contribution in [3.8, 4) is 17.1 Å². The van der Waals surface area contributed by atoms with Crippen LogP contribution in [0.5, 0.6) is 0 Å². The second-order valence-corrected chi connectivity index (χ2v) is 6.79. The van der Waals surface area contributed by atoms with Crippen LogP contribution < -0.4 is 0 Å². The molecule has 5 rings (SSSR count). The van der Waals surface area contributed by atoms with Crippen molar-refractivity contribution in [2.24, 2.45) is 0 Å². The van der Waals surface area contributed by atoms with Gasteiger partial charge in [-0.25, -0.2) is 0 Å². The highest BCUT2D eigenvalue weighted by atomic mass is 35.5. The molecule has 0 amide bonds. The minimum absolute atomic E-state index is 0.0762. The molecular weight excluding hydrogens is 379 g/mol. The summed E-state index contributed by atoms with van der Waals surface area (Å²) in [6.45, 7) is 0. The summed E-state index contributed by atoms with van der Waals surface area (Å²) in [5.41, 5.74) is 4.11. The third-order valence-corrected chi connectivity index (χ3v) is 4.86.